The molecule has 0 aromatic heterocycles. The summed E-state index contributed by atoms with van der Waals surface area (Å²) in [6.07, 6.45) is 16.2. The summed E-state index contributed by atoms with van der Waals surface area (Å²) in [6.45, 7) is 8.49. The molecule has 0 amide bonds. The van der Waals surface area contributed by atoms with E-state index < -0.39 is 0 Å². The second-order valence-electron chi connectivity index (χ2n) is 3.85. The zero-order chi connectivity index (χ0) is 10.6. The van der Waals surface area contributed by atoms with Crippen LogP contribution in [0.3, 0.4) is 0 Å². The summed E-state index contributed by atoms with van der Waals surface area (Å²) >= 11 is 0. The molecule has 0 saturated carbocycles. The highest BCUT2D eigenvalue weighted by Gasteiger charge is 1.94. The maximum Gasteiger partial charge on any atom is -0.0345 e. The van der Waals surface area contributed by atoms with Crippen LogP contribution in [0.4, 0.5) is 0 Å². The second kappa shape index (κ2) is 10.6. The predicted molar refractivity (Wildman–Crippen MR) is 66.2 cm³/mol. The first kappa shape index (κ1) is 13.5. The second-order valence-corrected chi connectivity index (χ2v) is 3.85. The molecule has 0 aliphatic heterocycles. The number of allylic oxidation sites excluding steroid dienone is 4. The van der Waals surface area contributed by atoms with Crippen LogP contribution in [0.2, 0.25) is 0 Å². The van der Waals surface area contributed by atoms with Gasteiger partial charge in [-0.3, -0.25) is 0 Å². The molecule has 0 aliphatic carbocycles. The van der Waals surface area contributed by atoms with Crippen molar-refractivity contribution < 1.29 is 0 Å². The Hall–Kier alpha value is -0.520. The molecule has 0 nitrogen and oxygen atoms in total. The number of hydrogen-bond acceptors (Lipinski definition) is 0. The van der Waals surface area contributed by atoms with Gasteiger partial charge in [-0.2, -0.15) is 0 Å². The van der Waals surface area contributed by atoms with Gasteiger partial charge in [0.1, 0.15) is 0 Å². The van der Waals surface area contributed by atoms with E-state index in [1.54, 1.807) is 0 Å². The summed E-state index contributed by atoms with van der Waals surface area (Å²) in [5.74, 6) is 0.628. The topological polar surface area (TPSA) is 0 Å². The minimum atomic E-state index is 0.628. The van der Waals surface area contributed by atoms with Crippen LogP contribution >= 0.6 is 0 Å². The van der Waals surface area contributed by atoms with E-state index in [2.05, 4.69) is 45.1 Å². The van der Waals surface area contributed by atoms with Crippen molar-refractivity contribution in [3.05, 3.63) is 31.2 Å². The van der Waals surface area contributed by atoms with Gasteiger partial charge in [0, 0.05) is 0 Å². The highest BCUT2D eigenvalue weighted by Crippen LogP contribution is 2.08. The van der Waals surface area contributed by atoms with Crippen LogP contribution in [0.25, 0.3) is 0 Å². The van der Waals surface area contributed by atoms with Crippen LogP contribution in [0, 0.1) is 12.8 Å². The lowest BCUT2D eigenvalue weighted by Crippen LogP contribution is -1.89. The molecule has 0 heteroatoms. The highest BCUT2D eigenvalue weighted by atomic mass is 14.0. The fourth-order valence-corrected chi connectivity index (χ4v) is 1.21. The van der Waals surface area contributed by atoms with Gasteiger partial charge < -0.3 is 0 Å². The normalized spacial score (nSPS) is 14.2. The smallest absolute Gasteiger partial charge is 0.0345 e. The first-order chi connectivity index (χ1) is 6.81. The molecule has 1 unspecified atom stereocenters. The molecule has 81 valence electrons. The standard InChI is InChI=1S/C14H25/c1-4-6-7-8-9-10-11-12-13-14(3)5-2/h8-11,14H,3-7,12-13H2,1-2H3/b9-8+,11-10+. The minimum Gasteiger partial charge on any atom is -0.0845 e. The van der Waals surface area contributed by atoms with E-state index in [1.165, 1.54) is 38.5 Å². The molecule has 0 fully saturated rings. The quantitative estimate of drug-likeness (QED) is 0.379. The molecule has 0 spiro atoms. The van der Waals surface area contributed by atoms with E-state index in [0.29, 0.717) is 5.92 Å². The summed E-state index contributed by atoms with van der Waals surface area (Å²) in [6, 6.07) is 0. The van der Waals surface area contributed by atoms with E-state index in [1.807, 2.05) is 0 Å². The first-order valence-corrected chi connectivity index (χ1v) is 5.96. The molecule has 0 N–H and O–H groups in total. The van der Waals surface area contributed by atoms with E-state index in [0.717, 1.165) is 0 Å². The molecule has 0 rings (SSSR count). The van der Waals surface area contributed by atoms with Gasteiger partial charge in [-0.1, -0.05) is 64.3 Å². The number of rotatable bonds is 8. The van der Waals surface area contributed by atoms with Crippen LogP contribution in [-0.4, -0.2) is 0 Å². The fourth-order valence-electron chi connectivity index (χ4n) is 1.21. The van der Waals surface area contributed by atoms with Gasteiger partial charge in [-0.05, 0) is 25.2 Å². The van der Waals surface area contributed by atoms with Crippen LogP contribution in [0.15, 0.2) is 24.3 Å². The number of hydrogen-bond donors (Lipinski definition) is 0. The van der Waals surface area contributed by atoms with Crippen LogP contribution in [-0.2, 0) is 0 Å². The van der Waals surface area contributed by atoms with Gasteiger partial charge in [0.2, 0.25) is 0 Å². The van der Waals surface area contributed by atoms with Crippen molar-refractivity contribution in [2.45, 2.75) is 52.4 Å². The Morgan fingerprint density at radius 3 is 2.29 bits per heavy atom. The molecule has 0 saturated heterocycles. The van der Waals surface area contributed by atoms with Crippen molar-refractivity contribution in [3.63, 3.8) is 0 Å². The molecule has 0 heterocycles. The maximum atomic E-state index is 4.06. The average Bonchev–Trinajstić information content (AvgIpc) is 2.21. The summed E-state index contributed by atoms with van der Waals surface area (Å²) in [7, 11) is 0. The Labute approximate surface area is 90.1 Å². The van der Waals surface area contributed by atoms with Gasteiger partial charge in [-0.15, -0.1) is 0 Å². The summed E-state index contributed by atoms with van der Waals surface area (Å²) in [4.78, 5) is 0. The molecular weight excluding hydrogens is 168 g/mol. The molecule has 0 aromatic carbocycles. The van der Waals surface area contributed by atoms with Crippen LogP contribution in [0.5, 0.6) is 0 Å². The molecule has 14 heavy (non-hydrogen) atoms. The molecule has 0 bridgehead atoms. The Bertz CT molecular complexity index is 153. The minimum absolute atomic E-state index is 0.628. The average molecular weight is 193 g/mol. The van der Waals surface area contributed by atoms with E-state index in [4.69, 9.17) is 0 Å². The Balaban J connectivity index is 3.30. The monoisotopic (exact) mass is 193 g/mol. The summed E-state index contributed by atoms with van der Waals surface area (Å²) in [5.41, 5.74) is 0. The lowest BCUT2D eigenvalue weighted by atomic mass is 10.0. The molecule has 1 atom stereocenters. The van der Waals surface area contributed by atoms with Crippen molar-refractivity contribution >= 4 is 0 Å². The van der Waals surface area contributed by atoms with Crippen molar-refractivity contribution in [1.82, 2.24) is 0 Å². The van der Waals surface area contributed by atoms with Crippen LogP contribution in [0.1, 0.15) is 52.4 Å². The van der Waals surface area contributed by atoms with Gasteiger partial charge in [0.25, 0.3) is 0 Å². The number of unbranched alkanes of at least 4 members (excludes halogenated alkanes) is 2. The Kier molecular flexibility index (Phi) is 10.2. The molecule has 0 aliphatic rings. The third-order valence-corrected chi connectivity index (χ3v) is 2.43. The maximum absolute atomic E-state index is 4.06. The van der Waals surface area contributed by atoms with Gasteiger partial charge >= 0.3 is 0 Å². The van der Waals surface area contributed by atoms with E-state index >= 15 is 0 Å². The highest BCUT2D eigenvalue weighted by molar-refractivity contribution is 5.02. The summed E-state index contributed by atoms with van der Waals surface area (Å²) in [5, 5.41) is 0. The van der Waals surface area contributed by atoms with Crippen LogP contribution < -0.4 is 0 Å². The zero-order valence-electron chi connectivity index (χ0n) is 9.84. The molecular formula is C14H25. The van der Waals surface area contributed by atoms with Crippen molar-refractivity contribution in [2.75, 3.05) is 0 Å². The van der Waals surface area contributed by atoms with E-state index in [-0.39, 0.29) is 0 Å². The van der Waals surface area contributed by atoms with Crippen molar-refractivity contribution in [1.29, 1.82) is 0 Å². The molecule has 1 radical (unpaired) electrons. The lowest BCUT2D eigenvalue weighted by Gasteiger charge is -2.03. The van der Waals surface area contributed by atoms with Gasteiger partial charge in [0.15, 0.2) is 0 Å². The van der Waals surface area contributed by atoms with Crippen molar-refractivity contribution in [3.8, 4) is 0 Å². The third kappa shape index (κ3) is 9.57. The van der Waals surface area contributed by atoms with Crippen molar-refractivity contribution in [2.24, 2.45) is 5.92 Å². The SMILES string of the molecule is [CH2]C(CC)CC/C=C/C=C/CCCC. The van der Waals surface area contributed by atoms with Gasteiger partial charge in [0.05, 0.1) is 0 Å². The third-order valence-electron chi connectivity index (χ3n) is 2.43. The Morgan fingerprint density at radius 1 is 1.07 bits per heavy atom. The predicted octanol–water partition coefficient (Wildman–Crippen LogP) is 4.93. The zero-order valence-corrected chi connectivity index (χ0v) is 9.84. The van der Waals surface area contributed by atoms with E-state index in [9.17, 15) is 0 Å². The largest absolute Gasteiger partial charge is 0.0845 e. The fraction of sp³-hybridized carbons (Fsp3) is 0.643. The lowest BCUT2D eigenvalue weighted by molar-refractivity contribution is 0.575. The Morgan fingerprint density at radius 2 is 1.71 bits per heavy atom. The molecule has 0 aromatic rings. The first-order valence-electron chi connectivity index (χ1n) is 5.96. The summed E-state index contributed by atoms with van der Waals surface area (Å²) < 4.78 is 0. The van der Waals surface area contributed by atoms with Gasteiger partial charge in [-0.25, -0.2) is 0 Å².